The van der Waals surface area contributed by atoms with Gasteiger partial charge in [0.05, 0.1) is 23.4 Å². The summed E-state index contributed by atoms with van der Waals surface area (Å²) in [5.41, 5.74) is 1.08. The van der Waals surface area contributed by atoms with E-state index in [1.54, 1.807) is 17.6 Å². The highest BCUT2D eigenvalue weighted by Crippen LogP contribution is 2.28. The van der Waals surface area contributed by atoms with Crippen molar-refractivity contribution in [2.24, 2.45) is 0 Å². The van der Waals surface area contributed by atoms with Gasteiger partial charge in [-0.2, -0.15) is 0 Å². The first kappa shape index (κ1) is 18.1. The highest BCUT2D eigenvalue weighted by Gasteiger charge is 2.22. The molecule has 4 rings (SSSR count). The SMILES string of the molecule is O=C(CSc1nnc(-c2cccs2)o1)N(Cc1ccco1)C1=CCCCC1. The molecule has 0 aromatic carbocycles. The van der Waals surface area contributed by atoms with Gasteiger partial charge in [0.1, 0.15) is 5.76 Å². The molecule has 0 radical (unpaired) electrons. The summed E-state index contributed by atoms with van der Waals surface area (Å²) in [6.45, 7) is 0.447. The minimum absolute atomic E-state index is 0.0143. The normalized spacial score (nSPS) is 14.1. The fraction of sp³-hybridized carbons (Fsp3) is 0.316. The predicted octanol–water partition coefficient (Wildman–Crippen LogP) is 4.97. The van der Waals surface area contributed by atoms with Gasteiger partial charge in [0.2, 0.25) is 5.91 Å². The number of rotatable bonds is 7. The van der Waals surface area contributed by atoms with Crippen molar-refractivity contribution in [1.29, 1.82) is 0 Å². The first-order chi connectivity index (χ1) is 13.3. The third-order valence-corrected chi connectivity index (χ3v) is 5.93. The Labute approximate surface area is 165 Å². The van der Waals surface area contributed by atoms with E-state index in [1.165, 1.54) is 18.2 Å². The summed E-state index contributed by atoms with van der Waals surface area (Å²) in [5, 5.41) is 10.5. The summed E-state index contributed by atoms with van der Waals surface area (Å²) in [5.74, 6) is 1.52. The predicted molar refractivity (Wildman–Crippen MR) is 104 cm³/mol. The van der Waals surface area contributed by atoms with Gasteiger partial charge >= 0.3 is 0 Å². The summed E-state index contributed by atoms with van der Waals surface area (Å²) in [4.78, 5) is 15.7. The number of allylic oxidation sites excluding steroid dienone is 2. The average molecular weight is 402 g/mol. The fourth-order valence-electron chi connectivity index (χ4n) is 2.94. The Bertz CT molecular complexity index is 901. The molecule has 0 saturated carbocycles. The summed E-state index contributed by atoms with van der Waals surface area (Å²) >= 11 is 2.81. The second-order valence-corrected chi connectivity index (χ2v) is 8.01. The van der Waals surface area contributed by atoms with Crippen LogP contribution in [0.2, 0.25) is 0 Å². The Kier molecular flexibility index (Phi) is 5.74. The third kappa shape index (κ3) is 4.51. The largest absolute Gasteiger partial charge is 0.467 e. The topological polar surface area (TPSA) is 72.4 Å². The average Bonchev–Trinajstić information content (AvgIpc) is 3.47. The van der Waals surface area contributed by atoms with Gasteiger partial charge in [0, 0.05) is 5.70 Å². The van der Waals surface area contributed by atoms with Crippen LogP contribution in [0.5, 0.6) is 0 Å². The molecule has 0 fully saturated rings. The third-order valence-electron chi connectivity index (χ3n) is 4.27. The van der Waals surface area contributed by atoms with Crippen molar-refractivity contribution >= 4 is 29.0 Å². The Morgan fingerprint density at radius 3 is 2.96 bits per heavy atom. The lowest BCUT2D eigenvalue weighted by Gasteiger charge is -2.26. The number of thiophene rings is 1. The van der Waals surface area contributed by atoms with Crippen molar-refractivity contribution in [3.8, 4) is 10.8 Å². The Morgan fingerprint density at radius 2 is 2.22 bits per heavy atom. The van der Waals surface area contributed by atoms with Crippen molar-refractivity contribution < 1.29 is 13.6 Å². The number of nitrogens with zero attached hydrogens (tertiary/aromatic N) is 3. The second kappa shape index (κ2) is 8.58. The zero-order valence-corrected chi connectivity index (χ0v) is 16.3. The van der Waals surface area contributed by atoms with Crippen LogP contribution in [0.3, 0.4) is 0 Å². The number of carbonyl (C=O) groups excluding carboxylic acids is 1. The summed E-state index contributed by atoms with van der Waals surface area (Å²) in [6.07, 6.45) is 8.00. The molecule has 27 heavy (non-hydrogen) atoms. The number of amides is 1. The van der Waals surface area contributed by atoms with E-state index in [4.69, 9.17) is 8.83 Å². The minimum atomic E-state index is 0.0143. The maximum atomic E-state index is 12.9. The number of hydrogen-bond acceptors (Lipinski definition) is 7. The van der Waals surface area contributed by atoms with Crippen LogP contribution in [0.25, 0.3) is 10.8 Å². The van der Waals surface area contributed by atoms with E-state index in [0.29, 0.717) is 17.7 Å². The van der Waals surface area contributed by atoms with E-state index in [2.05, 4.69) is 16.3 Å². The molecule has 3 heterocycles. The smallest absolute Gasteiger partial charge is 0.277 e. The molecule has 0 spiro atoms. The molecule has 3 aromatic heterocycles. The van der Waals surface area contributed by atoms with Gasteiger partial charge in [0.15, 0.2) is 0 Å². The van der Waals surface area contributed by atoms with Crippen LogP contribution < -0.4 is 0 Å². The first-order valence-corrected chi connectivity index (χ1v) is 10.7. The number of thioether (sulfide) groups is 1. The Morgan fingerprint density at radius 1 is 1.26 bits per heavy atom. The zero-order valence-electron chi connectivity index (χ0n) is 14.7. The lowest BCUT2D eigenvalue weighted by Crippen LogP contribution is -2.32. The molecule has 0 atom stereocenters. The van der Waals surface area contributed by atoms with Gasteiger partial charge in [-0.05, 0) is 49.3 Å². The molecule has 0 saturated heterocycles. The molecular formula is C19H19N3O3S2. The number of hydrogen-bond donors (Lipinski definition) is 0. The quantitative estimate of drug-likeness (QED) is 0.521. The number of furan rings is 1. The van der Waals surface area contributed by atoms with Crippen LogP contribution in [-0.2, 0) is 11.3 Å². The van der Waals surface area contributed by atoms with Gasteiger partial charge in [-0.25, -0.2) is 0 Å². The van der Waals surface area contributed by atoms with Crippen LogP contribution in [0, 0.1) is 0 Å². The van der Waals surface area contributed by atoms with Crippen molar-refractivity contribution in [2.75, 3.05) is 5.75 Å². The van der Waals surface area contributed by atoms with Crippen LogP contribution >= 0.6 is 23.1 Å². The Hall–Kier alpha value is -2.32. The maximum Gasteiger partial charge on any atom is 0.277 e. The van der Waals surface area contributed by atoms with Crippen LogP contribution in [0.15, 0.2) is 61.7 Å². The Balaban J connectivity index is 1.42. The fourth-order valence-corrected chi connectivity index (χ4v) is 4.23. The first-order valence-electron chi connectivity index (χ1n) is 8.81. The monoisotopic (exact) mass is 401 g/mol. The van der Waals surface area contributed by atoms with E-state index in [0.717, 1.165) is 35.6 Å². The summed E-state index contributed by atoms with van der Waals surface area (Å²) in [6, 6.07) is 7.60. The zero-order chi connectivity index (χ0) is 18.5. The van der Waals surface area contributed by atoms with Crippen molar-refractivity contribution in [1.82, 2.24) is 15.1 Å². The lowest BCUT2D eigenvalue weighted by atomic mass is 10.0. The molecule has 1 amide bonds. The molecule has 6 nitrogen and oxygen atoms in total. The van der Waals surface area contributed by atoms with E-state index in [9.17, 15) is 4.79 Å². The van der Waals surface area contributed by atoms with Gasteiger partial charge in [0.25, 0.3) is 11.1 Å². The van der Waals surface area contributed by atoms with Crippen molar-refractivity contribution in [3.63, 3.8) is 0 Å². The molecule has 1 aliphatic rings. The van der Waals surface area contributed by atoms with Gasteiger partial charge in [-0.1, -0.05) is 23.9 Å². The highest BCUT2D eigenvalue weighted by molar-refractivity contribution is 7.99. The van der Waals surface area contributed by atoms with E-state index in [-0.39, 0.29) is 11.7 Å². The molecule has 0 aliphatic heterocycles. The second-order valence-electron chi connectivity index (χ2n) is 6.14. The van der Waals surface area contributed by atoms with Gasteiger partial charge in [-0.15, -0.1) is 21.5 Å². The lowest BCUT2D eigenvalue weighted by molar-refractivity contribution is -0.127. The number of aromatic nitrogens is 2. The summed E-state index contributed by atoms with van der Waals surface area (Å²) in [7, 11) is 0. The maximum absolute atomic E-state index is 12.9. The van der Waals surface area contributed by atoms with Crippen molar-refractivity contribution in [3.05, 3.63) is 53.4 Å². The van der Waals surface area contributed by atoms with Crippen LogP contribution in [0.1, 0.15) is 31.4 Å². The van der Waals surface area contributed by atoms with Gasteiger partial charge in [-0.3, -0.25) is 4.79 Å². The number of carbonyl (C=O) groups is 1. The van der Waals surface area contributed by atoms with Gasteiger partial charge < -0.3 is 13.7 Å². The summed E-state index contributed by atoms with van der Waals surface area (Å²) < 4.78 is 11.1. The molecule has 0 unspecified atom stereocenters. The van der Waals surface area contributed by atoms with E-state index in [1.807, 2.05) is 34.5 Å². The van der Waals surface area contributed by atoms with Crippen molar-refractivity contribution in [2.45, 2.75) is 37.5 Å². The molecular weight excluding hydrogens is 382 g/mol. The highest BCUT2D eigenvalue weighted by atomic mass is 32.2. The van der Waals surface area contributed by atoms with E-state index >= 15 is 0 Å². The molecule has 3 aromatic rings. The molecule has 8 heteroatoms. The molecule has 0 bridgehead atoms. The van der Waals surface area contributed by atoms with E-state index < -0.39 is 0 Å². The van der Waals surface area contributed by atoms with Crippen LogP contribution in [0.4, 0.5) is 0 Å². The molecule has 1 aliphatic carbocycles. The molecule has 0 N–H and O–H groups in total. The van der Waals surface area contributed by atoms with Crippen LogP contribution in [-0.4, -0.2) is 26.8 Å². The standard InChI is InChI=1S/C19H19N3O3S2/c23-17(13-27-19-21-20-18(25-19)16-9-5-11-26-16)22(12-15-8-4-10-24-15)14-6-2-1-3-7-14/h4-6,8-11H,1-3,7,12-13H2. The minimum Gasteiger partial charge on any atom is -0.467 e. The molecule has 140 valence electrons.